The molecule has 0 radical (unpaired) electrons. The Labute approximate surface area is 131 Å². The van der Waals surface area contributed by atoms with Gasteiger partial charge in [-0.3, -0.25) is 4.79 Å². The standard InChI is InChI=1S/C17H35N3O/c1-5-12-20-13-7-15(8-14-20)19(4)16(21)6-9-17(2,3)10-11-18/h15H,5-14,18H2,1-4H3. The summed E-state index contributed by atoms with van der Waals surface area (Å²) >= 11 is 0. The molecule has 1 rings (SSSR count). The second kappa shape index (κ2) is 8.74. The molecule has 0 aromatic carbocycles. The summed E-state index contributed by atoms with van der Waals surface area (Å²) < 4.78 is 0. The monoisotopic (exact) mass is 297 g/mol. The molecule has 124 valence electrons. The first-order valence-corrected chi connectivity index (χ1v) is 8.57. The number of hydrogen-bond donors (Lipinski definition) is 1. The quantitative estimate of drug-likeness (QED) is 0.749. The van der Waals surface area contributed by atoms with Crippen LogP contribution in [0.2, 0.25) is 0 Å². The molecule has 1 amide bonds. The molecule has 0 spiro atoms. The summed E-state index contributed by atoms with van der Waals surface area (Å²) in [6.45, 7) is 10.8. The van der Waals surface area contributed by atoms with E-state index >= 15 is 0 Å². The van der Waals surface area contributed by atoms with Crippen LogP contribution in [0.5, 0.6) is 0 Å². The molecule has 0 unspecified atom stereocenters. The average Bonchev–Trinajstić information content (AvgIpc) is 2.45. The van der Waals surface area contributed by atoms with E-state index < -0.39 is 0 Å². The Kier molecular flexibility index (Phi) is 7.67. The smallest absolute Gasteiger partial charge is 0.222 e. The summed E-state index contributed by atoms with van der Waals surface area (Å²) in [4.78, 5) is 16.9. The Hall–Kier alpha value is -0.610. The molecule has 4 nitrogen and oxygen atoms in total. The number of nitrogens with zero attached hydrogens (tertiary/aromatic N) is 2. The predicted octanol–water partition coefficient (Wildman–Crippen LogP) is 2.47. The zero-order chi connectivity index (χ0) is 15.9. The highest BCUT2D eigenvalue weighted by molar-refractivity contribution is 5.76. The van der Waals surface area contributed by atoms with Gasteiger partial charge in [0.1, 0.15) is 0 Å². The van der Waals surface area contributed by atoms with Gasteiger partial charge >= 0.3 is 0 Å². The molecule has 4 heteroatoms. The molecule has 2 N–H and O–H groups in total. The minimum absolute atomic E-state index is 0.176. The van der Waals surface area contributed by atoms with E-state index in [0.717, 1.165) is 38.8 Å². The third kappa shape index (κ3) is 6.35. The largest absolute Gasteiger partial charge is 0.343 e. The Bertz CT molecular complexity index is 309. The van der Waals surface area contributed by atoms with E-state index in [2.05, 4.69) is 25.7 Å². The molecule has 0 atom stereocenters. The van der Waals surface area contributed by atoms with Gasteiger partial charge in [-0.05, 0) is 50.6 Å². The minimum Gasteiger partial charge on any atom is -0.343 e. The summed E-state index contributed by atoms with van der Waals surface area (Å²) in [7, 11) is 1.98. The van der Waals surface area contributed by atoms with E-state index in [1.807, 2.05) is 11.9 Å². The van der Waals surface area contributed by atoms with Crippen LogP contribution in [0.15, 0.2) is 0 Å². The predicted molar refractivity (Wildman–Crippen MR) is 89.2 cm³/mol. The molecular formula is C17H35N3O. The Morgan fingerprint density at radius 2 is 1.90 bits per heavy atom. The molecule has 0 bridgehead atoms. The number of rotatable bonds is 8. The number of piperidine rings is 1. The van der Waals surface area contributed by atoms with Crippen LogP contribution in [-0.2, 0) is 4.79 Å². The van der Waals surface area contributed by atoms with E-state index in [4.69, 9.17) is 5.73 Å². The third-order valence-corrected chi connectivity index (χ3v) is 4.87. The van der Waals surface area contributed by atoms with Crippen molar-refractivity contribution in [3.8, 4) is 0 Å². The van der Waals surface area contributed by atoms with Gasteiger partial charge in [-0.2, -0.15) is 0 Å². The molecule has 0 aromatic rings. The van der Waals surface area contributed by atoms with Crippen LogP contribution >= 0.6 is 0 Å². The number of likely N-dealkylation sites (tertiary alicyclic amines) is 1. The van der Waals surface area contributed by atoms with Gasteiger partial charge in [-0.15, -0.1) is 0 Å². The summed E-state index contributed by atoms with van der Waals surface area (Å²) in [5, 5.41) is 0. The lowest BCUT2D eigenvalue weighted by atomic mass is 9.84. The van der Waals surface area contributed by atoms with Crippen LogP contribution < -0.4 is 5.73 Å². The molecule has 1 aliphatic heterocycles. The van der Waals surface area contributed by atoms with Crippen molar-refractivity contribution in [1.29, 1.82) is 0 Å². The molecular weight excluding hydrogens is 262 g/mol. The van der Waals surface area contributed by atoms with Crippen LogP contribution in [0, 0.1) is 5.41 Å². The van der Waals surface area contributed by atoms with Crippen LogP contribution in [0.25, 0.3) is 0 Å². The second-order valence-electron chi connectivity index (χ2n) is 7.28. The summed E-state index contributed by atoms with van der Waals surface area (Å²) in [6.07, 6.45) is 6.03. The van der Waals surface area contributed by atoms with E-state index in [0.29, 0.717) is 24.9 Å². The first-order valence-electron chi connectivity index (χ1n) is 8.57. The number of hydrogen-bond acceptors (Lipinski definition) is 3. The summed E-state index contributed by atoms with van der Waals surface area (Å²) in [6, 6.07) is 0.434. The molecule has 0 aromatic heterocycles. The van der Waals surface area contributed by atoms with Crippen LogP contribution in [0.4, 0.5) is 0 Å². The van der Waals surface area contributed by atoms with Crippen molar-refractivity contribution < 1.29 is 4.79 Å². The van der Waals surface area contributed by atoms with Gasteiger partial charge < -0.3 is 15.5 Å². The van der Waals surface area contributed by atoms with E-state index in [1.54, 1.807) is 0 Å². The Morgan fingerprint density at radius 3 is 2.43 bits per heavy atom. The van der Waals surface area contributed by atoms with Gasteiger partial charge in [-0.25, -0.2) is 0 Å². The zero-order valence-electron chi connectivity index (χ0n) is 14.5. The van der Waals surface area contributed by atoms with Gasteiger partial charge in [0, 0.05) is 32.6 Å². The molecule has 0 saturated carbocycles. The van der Waals surface area contributed by atoms with E-state index in [9.17, 15) is 4.79 Å². The fraction of sp³-hybridized carbons (Fsp3) is 0.941. The number of carbonyl (C=O) groups is 1. The third-order valence-electron chi connectivity index (χ3n) is 4.87. The maximum Gasteiger partial charge on any atom is 0.222 e. The normalized spacial score (nSPS) is 18.0. The highest BCUT2D eigenvalue weighted by Gasteiger charge is 2.26. The van der Waals surface area contributed by atoms with Crippen molar-refractivity contribution >= 4 is 5.91 Å². The molecule has 1 heterocycles. The van der Waals surface area contributed by atoms with Crippen molar-refractivity contribution in [2.24, 2.45) is 11.1 Å². The lowest BCUT2D eigenvalue weighted by molar-refractivity contribution is -0.133. The zero-order valence-corrected chi connectivity index (χ0v) is 14.5. The van der Waals surface area contributed by atoms with Gasteiger partial charge in [0.15, 0.2) is 0 Å². The van der Waals surface area contributed by atoms with Gasteiger partial charge in [0.05, 0.1) is 0 Å². The molecule has 1 saturated heterocycles. The number of amides is 1. The first-order chi connectivity index (χ1) is 9.89. The van der Waals surface area contributed by atoms with Crippen molar-refractivity contribution in [1.82, 2.24) is 9.80 Å². The minimum atomic E-state index is 0.176. The molecule has 0 aliphatic carbocycles. The average molecular weight is 297 g/mol. The van der Waals surface area contributed by atoms with Crippen molar-refractivity contribution in [2.75, 3.05) is 33.2 Å². The maximum atomic E-state index is 12.4. The molecule has 1 fully saturated rings. The lowest BCUT2D eigenvalue weighted by Gasteiger charge is -2.37. The lowest BCUT2D eigenvalue weighted by Crippen LogP contribution is -2.45. The van der Waals surface area contributed by atoms with Crippen LogP contribution in [-0.4, -0.2) is 55.0 Å². The first kappa shape index (κ1) is 18.4. The number of nitrogens with two attached hydrogens (primary N) is 1. The Morgan fingerprint density at radius 1 is 1.29 bits per heavy atom. The topological polar surface area (TPSA) is 49.6 Å². The summed E-state index contributed by atoms with van der Waals surface area (Å²) in [5.41, 5.74) is 5.81. The van der Waals surface area contributed by atoms with Crippen molar-refractivity contribution in [3.63, 3.8) is 0 Å². The van der Waals surface area contributed by atoms with Crippen molar-refractivity contribution in [2.45, 2.75) is 65.3 Å². The summed E-state index contributed by atoms with van der Waals surface area (Å²) in [5.74, 6) is 0.300. The molecule has 21 heavy (non-hydrogen) atoms. The van der Waals surface area contributed by atoms with E-state index in [1.165, 1.54) is 13.0 Å². The van der Waals surface area contributed by atoms with Crippen LogP contribution in [0.3, 0.4) is 0 Å². The van der Waals surface area contributed by atoms with Gasteiger partial charge in [-0.1, -0.05) is 20.8 Å². The highest BCUT2D eigenvalue weighted by atomic mass is 16.2. The molecule has 1 aliphatic rings. The fourth-order valence-corrected chi connectivity index (χ4v) is 3.19. The maximum absolute atomic E-state index is 12.4. The second-order valence-corrected chi connectivity index (χ2v) is 7.28. The van der Waals surface area contributed by atoms with Gasteiger partial charge in [0.2, 0.25) is 5.91 Å². The van der Waals surface area contributed by atoms with E-state index in [-0.39, 0.29) is 5.41 Å². The van der Waals surface area contributed by atoms with Crippen LogP contribution in [0.1, 0.15) is 59.3 Å². The SMILES string of the molecule is CCCN1CCC(N(C)C(=O)CCC(C)(C)CCN)CC1. The van der Waals surface area contributed by atoms with Crippen molar-refractivity contribution in [3.05, 3.63) is 0 Å². The van der Waals surface area contributed by atoms with Gasteiger partial charge in [0.25, 0.3) is 0 Å². The fourth-order valence-electron chi connectivity index (χ4n) is 3.19. The highest BCUT2D eigenvalue weighted by Crippen LogP contribution is 2.27. The number of carbonyl (C=O) groups excluding carboxylic acids is 1. The Balaban J connectivity index is 2.34.